The molecule has 0 amide bonds. The molecule has 0 radical (unpaired) electrons. The van der Waals surface area contributed by atoms with Crippen LogP contribution in [0.2, 0.25) is 0 Å². The Morgan fingerprint density at radius 2 is 2.14 bits per heavy atom. The van der Waals surface area contributed by atoms with E-state index in [1.807, 2.05) is 13.0 Å². The Balaban J connectivity index is 1.82. The highest BCUT2D eigenvalue weighted by molar-refractivity contribution is 5.30. The number of nitrogens with two attached hydrogens (primary N) is 1. The molecule has 1 saturated carbocycles. The molecule has 21 heavy (non-hydrogen) atoms. The molecule has 1 heterocycles. The van der Waals surface area contributed by atoms with Crippen molar-refractivity contribution >= 4 is 0 Å². The molecule has 116 valence electrons. The van der Waals surface area contributed by atoms with Gasteiger partial charge in [-0.3, -0.25) is 11.3 Å². The van der Waals surface area contributed by atoms with E-state index in [1.165, 1.54) is 31.7 Å². The number of hydrogen-bond acceptors (Lipinski definition) is 3. The van der Waals surface area contributed by atoms with Crippen LogP contribution in [0.1, 0.15) is 55.7 Å². The van der Waals surface area contributed by atoms with Crippen molar-refractivity contribution in [1.82, 2.24) is 5.43 Å². The number of ether oxygens (including phenoxy) is 1. The largest absolute Gasteiger partial charge is 0.375 e. The number of benzene rings is 1. The van der Waals surface area contributed by atoms with Gasteiger partial charge in [0.25, 0.3) is 0 Å². The molecule has 1 saturated heterocycles. The Labute approximate surface area is 126 Å². The number of hydrazine groups is 1. The van der Waals surface area contributed by atoms with E-state index in [0.29, 0.717) is 5.92 Å². The summed E-state index contributed by atoms with van der Waals surface area (Å²) in [6, 6.07) is 5.06. The van der Waals surface area contributed by atoms with Gasteiger partial charge in [0, 0.05) is 12.6 Å². The zero-order valence-electron chi connectivity index (χ0n) is 12.7. The van der Waals surface area contributed by atoms with E-state index in [0.717, 1.165) is 30.6 Å². The van der Waals surface area contributed by atoms with Crippen LogP contribution in [0, 0.1) is 18.7 Å². The molecule has 3 N–H and O–H groups in total. The van der Waals surface area contributed by atoms with Crippen molar-refractivity contribution in [2.75, 3.05) is 6.61 Å². The minimum absolute atomic E-state index is 0.0753. The maximum absolute atomic E-state index is 13.3. The van der Waals surface area contributed by atoms with Gasteiger partial charge in [-0.25, -0.2) is 4.39 Å². The first-order valence-corrected chi connectivity index (χ1v) is 8.00. The first-order valence-electron chi connectivity index (χ1n) is 8.00. The lowest BCUT2D eigenvalue weighted by atomic mass is 9.78. The average molecular weight is 292 g/mol. The number of aryl methyl sites for hydroxylation is 1. The minimum atomic E-state index is -0.189. The Hall–Kier alpha value is -0.970. The van der Waals surface area contributed by atoms with E-state index in [9.17, 15) is 4.39 Å². The number of nitrogens with one attached hydrogen (secondary N) is 1. The van der Waals surface area contributed by atoms with E-state index < -0.39 is 0 Å². The molecule has 1 aliphatic heterocycles. The summed E-state index contributed by atoms with van der Waals surface area (Å²) in [5, 5.41) is 0. The Morgan fingerprint density at radius 3 is 2.81 bits per heavy atom. The fourth-order valence-corrected chi connectivity index (χ4v) is 4.19. The third-order valence-corrected chi connectivity index (χ3v) is 5.26. The summed E-state index contributed by atoms with van der Waals surface area (Å²) in [5.41, 5.74) is 5.13. The molecule has 1 aliphatic carbocycles. The normalized spacial score (nSPS) is 26.1. The molecule has 1 aromatic rings. The quantitative estimate of drug-likeness (QED) is 0.663. The van der Waals surface area contributed by atoms with E-state index in [-0.39, 0.29) is 17.5 Å². The minimum Gasteiger partial charge on any atom is -0.375 e. The Bertz CT molecular complexity index is 500. The molecule has 1 aromatic carbocycles. The van der Waals surface area contributed by atoms with Crippen molar-refractivity contribution in [3.63, 3.8) is 0 Å². The molecule has 0 aromatic heterocycles. The smallest absolute Gasteiger partial charge is 0.123 e. The molecule has 4 heteroatoms. The lowest BCUT2D eigenvalue weighted by Crippen LogP contribution is -2.43. The Morgan fingerprint density at radius 1 is 1.38 bits per heavy atom. The number of hydrogen-bond donors (Lipinski definition) is 2. The van der Waals surface area contributed by atoms with Crippen LogP contribution >= 0.6 is 0 Å². The van der Waals surface area contributed by atoms with Crippen molar-refractivity contribution in [3.8, 4) is 0 Å². The van der Waals surface area contributed by atoms with Gasteiger partial charge in [0.05, 0.1) is 5.60 Å². The number of rotatable bonds is 3. The lowest BCUT2D eigenvalue weighted by molar-refractivity contribution is -0.0982. The fraction of sp³-hybridized carbons (Fsp3) is 0.647. The summed E-state index contributed by atoms with van der Waals surface area (Å²) in [5.74, 6) is 6.11. The zero-order chi connectivity index (χ0) is 14.9. The lowest BCUT2D eigenvalue weighted by Gasteiger charge is -2.41. The third-order valence-electron chi connectivity index (χ3n) is 5.26. The summed E-state index contributed by atoms with van der Waals surface area (Å²) in [7, 11) is 0. The molecular formula is C17H25FN2O. The van der Waals surface area contributed by atoms with Crippen molar-refractivity contribution in [2.45, 2.75) is 57.1 Å². The van der Waals surface area contributed by atoms with E-state index in [2.05, 4.69) is 5.43 Å². The van der Waals surface area contributed by atoms with Gasteiger partial charge in [0.2, 0.25) is 0 Å². The topological polar surface area (TPSA) is 47.3 Å². The van der Waals surface area contributed by atoms with Crippen molar-refractivity contribution in [2.24, 2.45) is 11.8 Å². The highest BCUT2D eigenvalue weighted by Gasteiger charge is 2.42. The maximum Gasteiger partial charge on any atom is 0.123 e. The van der Waals surface area contributed by atoms with Crippen LogP contribution in [0.25, 0.3) is 0 Å². The van der Waals surface area contributed by atoms with E-state index in [4.69, 9.17) is 10.6 Å². The molecule has 2 fully saturated rings. The molecule has 2 atom stereocenters. The predicted octanol–water partition coefficient (Wildman–Crippen LogP) is 3.38. The second-order valence-corrected chi connectivity index (χ2v) is 6.64. The van der Waals surface area contributed by atoms with Gasteiger partial charge in [-0.2, -0.15) is 0 Å². The standard InChI is InChI=1S/C17H25FN2O/c1-12-10-14(18)4-5-15(12)16(20-19)13-6-9-21-17(11-13)7-2-3-8-17/h4-5,10,13,16,20H,2-3,6-9,11,19H2,1H3. The van der Waals surface area contributed by atoms with Gasteiger partial charge < -0.3 is 4.74 Å². The summed E-state index contributed by atoms with van der Waals surface area (Å²) in [6.07, 6.45) is 6.94. The van der Waals surface area contributed by atoms with E-state index >= 15 is 0 Å². The summed E-state index contributed by atoms with van der Waals surface area (Å²) in [6.45, 7) is 2.76. The fourth-order valence-electron chi connectivity index (χ4n) is 4.19. The zero-order valence-corrected chi connectivity index (χ0v) is 12.7. The molecule has 0 bridgehead atoms. The summed E-state index contributed by atoms with van der Waals surface area (Å²) >= 11 is 0. The number of halogens is 1. The molecule has 2 unspecified atom stereocenters. The van der Waals surface area contributed by atoms with Gasteiger partial charge in [0.15, 0.2) is 0 Å². The molecule has 3 rings (SSSR count). The molecular weight excluding hydrogens is 267 g/mol. The van der Waals surface area contributed by atoms with Crippen LogP contribution in [-0.4, -0.2) is 12.2 Å². The summed E-state index contributed by atoms with van der Waals surface area (Å²) < 4.78 is 19.4. The van der Waals surface area contributed by atoms with Crippen LogP contribution in [0.3, 0.4) is 0 Å². The van der Waals surface area contributed by atoms with Crippen molar-refractivity contribution in [3.05, 3.63) is 35.1 Å². The second-order valence-electron chi connectivity index (χ2n) is 6.64. The highest BCUT2D eigenvalue weighted by atomic mass is 19.1. The van der Waals surface area contributed by atoms with Crippen LogP contribution < -0.4 is 11.3 Å². The first-order chi connectivity index (χ1) is 10.1. The average Bonchev–Trinajstić information content (AvgIpc) is 2.90. The van der Waals surface area contributed by atoms with Gasteiger partial charge >= 0.3 is 0 Å². The third kappa shape index (κ3) is 2.98. The van der Waals surface area contributed by atoms with Gasteiger partial charge in [-0.05, 0) is 61.8 Å². The molecule has 2 aliphatic rings. The van der Waals surface area contributed by atoms with Crippen LogP contribution in [0.4, 0.5) is 4.39 Å². The molecule has 1 spiro atoms. The van der Waals surface area contributed by atoms with Crippen molar-refractivity contribution < 1.29 is 9.13 Å². The second kappa shape index (κ2) is 6.03. The summed E-state index contributed by atoms with van der Waals surface area (Å²) in [4.78, 5) is 0. The van der Waals surface area contributed by atoms with Gasteiger partial charge in [-0.15, -0.1) is 0 Å². The van der Waals surface area contributed by atoms with Crippen LogP contribution in [0.5, 0.6) is 0 Å². The van der Waals surface area contributed by atoms with Crippen molar-refractivity contribution in [1.29, 1.82) is 0 Å². The van der Waals surface area contributed by atoms with Crippen LogP contribution in [0.15, 0.2) is 18.2 Å². The maximum atomic E-state index is 13.3. The monoisotopic (exact) mass is 292 g/mol. The molecule has 3 nitrogen and oxygen atoms in total. The van der Waals surface area contributed by atoms with Gasteiger partial charge in [0.1, 0.15) is 5.82 Å². The SMILES string of the molecule is Cc1cc(F)ccc1C(NN)C1CCOC2(CCCC2)C1. The van der Waals surface area contributed by atoms with Gasteiger partial charge in [-0.1, -0.05) is 18.9 Å². The van der Waals surface area contributed by atoms with Crippen LogP contribution in [-0.2, 0) is 4.74 Å². The highest BCUT2D eigenvalue weighted by Crippen LogP contribution is 2.45. The van der Waals surface area contributed by atoms with E-state index in [1.54, 1.807) is 6.07 Å². The predicted molar refractivity (Wildman–Crippen MR) is 81.1 cm³/mol. The first kappa shape index (κ1) is 14.9. The Kier molecular flexibility index (Phi) is 4.29.